The lowest BCUT2D eigenvalue weighted by Gasteiger charge is -2.31. The fraction of sp³-hybridized carbons (Fsp3) is 1.00. The summed E-state index contributed by atoms with van der Waals surface area (Å²) in [7, 11) is 0. The molecule has 0 aromatic rings. The van der Waals surface area contributed by atoms with Crippen LogP contribution in [-0.2, 0) is 0 Å². The van der Waals surface area contributed by atoms with Crippen LogP contribution in [0.1, 0.15) is 58.3 Å². The summed E-state index contributed by atoms with van der Waals surface area (Å²) in [6.07, 6.45) is 11.0. The van der Waals surface area contributed by atoms with Crippen molar-refractivity contribution in [1.29, 1.82) is 0 Å². The molecule has 0 amide bonds. The molecule has 3 saturated carbocycles. The van der Waals surface area contributed by atoms with Crippen LogP contribution in [0, 0.1) is 29.6 Å². The molecule has 0 aromatic carbocycles. The number of aliphatic hydroxyl groups is 1. The molecule has 1 N–H and O–H groups in total. The summed E-state index contributed by atoms with van der Waals surface area (Å²) in [6.45, 7) is 2.31. The van der Waals surface area contributed by atoms with Gasteiger partial charge in [0.1, 0.15) is 0 Å². The normalized spacial score (nSPS) is 48.8. The maximum absolute atomic E-state index is 10.5. The molecule has 16 heavy (non-hydrogen) atoms. The molecule has 3 fully saturated rings. The van der Waals surface area contributed by atoms with Crippen LogP contribution in [0.5, 0.6) is 0 Å². The molecule has 0 spiro atoms. The second kappa shape index (κ2) is 4.33. The Hall–Kier alpha value is -0.0400. The molecule has 3 aliphatic rings. The van der Waals surface area contributed by atoms with Gasteiger partial charge in [-0.1, -0.05) is 32.6 Å². The lowest BCUT2D eigenvalue weighted by molar-refractivity contribution is 0.0456. The monoisotopic (exact) mass is 222 g/mol. The maximum Gasteiger partial charge on any atom is 0.0602 e. The van der Waals surface area contributed by atoms with Crippen molar-refractivity contribution in [3.63, 3.8) is 0 Å². The van der Waals surface area contributed by atoms with Gasteiger partial charge < -0.3 is 5.11 Å². The molecule has 3 unspecified atom stereocenters. The van der Waals surface area contributed by atoms with E-state index in [1.54, 1.807) is 0 Å². The zero-order valence-electron chi connectivity index (χ0n) is 10.6. The van der Waals surface area contributed by atoms with E-state index in [4.69, 9.17) is 0 Å². The molecule has 0 aromatic heterocycles. The number of hydrogen-bond acceptors (Lipinski definition) is 1. The Balaban J connectivity index is 1.51. The van der Waals surface area contributed by atoms with Crippen LogP contribution in [-0.4, -0.2) is 11.2 Å². The summed E-state index contributed by atoms with van der Waals surface area (Å²) in [5.41, 5.74) is 0. The van der Waals surface area contributed by atoms with Crippen LogP contribution < -0.4 is 0 Å². The second-order valence-electron chi connectivity index (χ2n) is 6.52. The van der Waals surface area contributed by atoms with E-state index in [0.717, 1.165) is 23.7 Å². The fourth-order valence-corrected chi connectivity index (χ4v) is 4.64. The summed E-state index contributed by atoms with van der Waals surface area (Å²) < 4.78 is 0. The summed E-state index contributed by atoms with van der Waals surface area (Å²) in [4.78, 5) is 0. The Morgan fingerprint density at radius 1 is 1.00 bits per heavy atom. The van der Waals surface area contributed by atoms with E-state index >= 15 is 0 Å². The van der Waals surface area contributed by atoms with Gasteiger partial charge in [0.05, 0.1) is 6.10 Å². The number of rotatable bonds is 3. The molecule has 1 heteroatoms. The zero-order valence-corrected chi connectivity index (χ0v) is 10.6. The summed E-state index contributed by atoms with van der Waals surface area (Å²) in [5, 5.41) is 10.5. The van der Waals surface area contributed by atoms with Gasteiger partial charge in [0.25, 0.3) is 0 Å². The van der Waals surface area contributed by atoms with Gasteiger partial charge in [-0.2, -0.15) is 0 Å². The fourth-order valence-electron chi connectivity index (χ4n) is 4.64. The molecule has 0 bridgehead atoms. The average molecular weight is 222 g/mol. The average Bonchev–Trinajstić information content (AvgIpc) is 2.81. The summed E-state index contributed by atoms with van der Waals surface area (Å²) in [6, 6.07) is 0. The van der Waals surface area contributed by atoms with Crippen LogP contribution in [0.15, 0.2) is 0 Å². The molecule has 3 rings (SSSR count). The molecule has 0 aliphatic heterocycles. The SMILES string of the molecule is CCC1CCC(C(O)C2C3CCCC32)CC1. The van der Waals surface area contributed by atoms with Crippen molar-refractivity contribution in [3.8, 4) is 0 Å². The first-order valence-electron chi connectivity index (χ1n) is 7.49. The van der Waals surface area contributed by atoms with Gasteiger partial charge in [0.2, 0.25) is 0 Å². The third-order valence-corrected chi connectivity index (χ3v) is 5.82. The predicted molar refractivity (Wildman–Crippen MR) is 66.1 cm³/mol. The Morgan fingerprint density at radius 3 is 2.19 bits per heavy atom. The zero-order chi connectivity index (χ0) is 11.1. The van der Waals surface area contributed by atoms with E-state index in [1.165, 1.54) is 51.4 Å². The first kappa shape index (κ1) is 11.1. The number of hydrogen-bond donors (Lipinski definition) is 1. The standard InChI is InChI=1S/C15H26O/c1-2-10-6-8-11(9-7-10)15(16)14-12-4-3-5-13(12)14/h10-16H,2-9H2,1H3. The molecule has 0 radical (unpaired) electrons. The lowest BCUT2D eigenvalue weighted by Crippen LogP contribution is -2.28. The van der Waals surface area contributed by atoms with E-state index in [0.29, 0.717) is 5.92 Å². The van der Waals surface area contributed by atoms with Crippen molar-refractivity contribution in [2.45, 2.75) is 64.4 Å². The van der Waals surface area contributed by atoms with Gasteiger partial charge in [-0.05, 0) is 55.3 Å². The van der Waals surface area contributed by atoms with Gasteiger partial charge >= 0.3 is 0 Å². The van der Waals surface area contributed by atoms with E-state index in [2.05, 4.69) is 6.92 Å². The molecule has 0 heterocycles. The van der Waals surface area contributed by atoms with Gasteiger partial charge in [0, 0.05) is 0 Å². The molecule has 1 nitrogen and oxygen atoms in total. The Kier molecular flexibility index (Phi) is 2.99. The third kappa shape index (κ3) is 1.81. The van der Waals surface area contributed by atoms with Crippen molar-refractivity contribution < 1.29 is 5.11 Å². The molecule has 3 aliphatic carbocycles. The van der Waals surface area contributed by atoms with Crippen molar-refractivity contribution in [1.82, 2.24) is 0 Å². The first-order valence-corrected chi connectivity index (χ1v) is 7.49. The van der Waals surface area contributed by atoms with Crippen LogP contribution in [0.25, 0.3) is 0 Å². The van der Waals surface area contributed by atoms with Gasteiger partial charge in [-0.25, -0.2) is 0 Å². The highest BCUT2D eigenvalue weighted by atomic mass is 16.3. The van der Waals surface area contributed by atoms with E-state index in [9.17, 15) is 5.11 Å². The molecule has 0 saturated heterocycles. The molecular weight excluding hydrogens is 196 g/mol. The van der Waals surface area contributed by atoms with Gasteiger partial charge in [-0.3, -0.25) is 0 Å². The number of aliphatic hydroxyl groups excluding tert-OH is 1. The smallest absolute Gasteiger partial charge is 0.0602 e. The maximum atomic E-state index is 10.5. The quantitative estimate of drug-likeness (QED) is 0.773. The van der Waals surface area contributed by atoms with Crippen molar-refractivity contribution >= 4 is 0 Å². The highest BCUT2D eigenvalue weighted by Crippen LogP contribution is 2.60. The van der Waals surface area contributed by atoms with E-state index in [1.807, 2.05) is 0 Å². The topological polar surface area (TPSA) is 20.2 Å². The van der Waals surface area contributed by atoms with Crippen LogP contribution in [0.2, 0.25) is 0 Å². The van der Waals surface area contributed by atoms with Crippen molar-refractivity contribution in [2.24, 2.45) is 29.6 Å². The Morgan fingerprint density at radius 2 is 1.62 bits per heavy atom. The van der Waals surface area contributed by atoms with Gasteiger partial charge in [0.15, 0.2) is 0 Å². The minimum atomic E-state index is 0.0631. The van der Waals surface area contributed by atoms with E-state index in [-0.39, 0.29) is 6.10 Å². The Labute approximate surface area is 99.6 Å². The molecular formula is C15H26O. The first-order chi connectivity index (χ1) is 7.81. The van der Waals surface area contributed by atoms with Crippen molar-refractivity contribution in [3.05, 3.63) is 0 Å². The van der Waals surface area contributed by atoms with Crippen LogP contribution >= 0.6 is 0 Å². The van der Waals surface area contributed by atoms with Gasteiger partial charge in [-0.15, -0.1) is 0 Å². The largest absolute Gasteiger partial charge is 0.393 e. The predicted octanol–water partition coefficient (Wildman–Crippen LogP) is 3.61. The van der Waals surface area contributed by atoms with Crippen LogP contribution in [0.3, 0.4) is 0 Å². The summed E-state index contributed by atoms with van der Waals surface area (Å²) in [5.74, 6) is 4.19. The van der Waals surface area contributed by atoms with Crippen LogP contribution in [0.4, 0.5) is 0 Å². The molecule has 92 valence electrons. The lowest BCUT2D eigenvalue weighted by atomic mass is 9.77. The molecule has 3 atom stereocenters. The Bertz CT molecular complexity index is 232. The minimum absolute atomic E-state index is 0.0631. The highest BCUT2D eigenvalue weighted by Gasteiger charge is 2.56. The number of fused-ring (bicyclic) bond motifs is 1. The van der Waals surface area contributed by atoms with E-state index < -0.39 is 0 Å². The summed E-state index contributed by atoms with van der Waals surface area (Å²) >= 11 is 0. The highest BCUT2D eigenvalue weighted by molar-refractivity contribution is 5.05. The second-order valence-corrected chi connectivity index (χ2v) is 6.52. The van der Waals surface area contributed by atoms with Crippen molar-refractivity contribution in [2.75, 3.05) is 0 Å². The third-order valence-electron chi connectivity index (χ3n) is 5.82. The minimum Gasteiger partial charge on any atom is -0.393 e.